The van der Waals surface area contributed by atoms with Gasteiger partial charge in [0.1, 0.15) is 0 Å². The van der Waals surface area contributed by atoms with Gasteiger partial charge in [-0.1, -0.05) is 0 Å². The number of alkyl halides is 2. The molecule has 4 rings (SSSR count). The molecule has 0 spiro atoms. The van der Waals surface area contributed by atoms with Gasteiger partial charge >= 0.3 is 5.97 Å². The maximum Gasteiger partial charge on any atom is 0.335 e. The second kappa shape index (κ2) is 7.33. The van der Waals surface area contributed by atoms with Gasteiger partial charge in [0.25, 0.3) is 6.43 Å². The van der Waals surface area contributed by atoms with Gasteiger partial charge < -0.3 is 5.11 Å². The van der Waals surface area contributed by atoms with Crippen molar-refractivity contribution in [1.82, 2.24) is 24.5 Å². The summed E-state index contributed by atoms with van der Waals surface area (Å²) >= 11 is 0. The number of benzene rings is 1. The first kappa shape index (κ1) is 19.7. The standard InChI is InChI=1S/C21H19F2N5O2/c1-4-27-12(3)16(10-24-27)17-9-15(19(22)23)18-11(2)26-28(20(18)25-17)14-7-5-13(6-8-14)21(29)30/h5-10,19H,4H2,1-3H3,(H,29,30). The molecule has 0 amide bonds. The van der Waals surface area contributed by atoms with Crippen molar-refractivity contribution in [3.05, 3.63) is 59.0 Å². The van der Waals surface area contributed by atoms with Crippen LogP contribution in [-0.4, -0.2) is 35.6 Å². The van der Waals surface area contributed by atoms with Crippen molar-refractivity contribution in [3.8, 4) is 16.9 Å². The molecule has 0 aliphatic rings. The Kier molecular flexibility index (Phi) is 4.81. The van der Waals surface area contributed by atoms with E-state index in [1.807, 2.05) is 13.8 Å². The minimum atomic E-state index is -2.71. The van der Waals surface area contributed by atoms with Gasteiger partial charge in [-0.25, -0.2) is 23.2 Å². The van der Waals surface area contributed by atoms with E-state index in [2.05, 4.69) is 15.2 Å². The van der Waals surface area contributed by atoms with Crippen LogP contribution < -0.4 is 0 Å². The number of rotatable bonds is 5. The molecule has 0 saturated heterocycles. The average molecular weight is 411 g/mol. The van der Waals surface area contributed by atoms with E-state index in [-0.39, 0.29) is 22.2 Å². The van der Waals surface area contributed by atoms with Gasteiger partial charge in [0.15, 0.2) is 5.65 Å². The van der Waals surface area contributed by atoms with Crippen LogP contribution in [-0.2, 0) is 6.54 Å². The van der Waals surface area contributed by atoms with Gasteiger partial charge in [-0.3, -0.25) is 4.68 Å². The minimum absolute atomic E-state index is 0.122. The second-order valence-corrected chi connectivity index (χ2v) is 6.90. The Balaban J connectivity index is 1.97. The molecule has 154 valence electrons. The second-order valence-electron chi connectivity index (χ2n) is 6.90. The topological polar surface area (TPSA) is 85.8 Å². The minimum Gasteiger partial charge on any atom is -0.478 e. The molecular weight excluding hydrogens is 392 g/mol. The van der Waals surface area contributed by atoms with Gasteiger partial charge in [-0.2, -0.15) is 10.2 Å². The molecule has 0 aliphatic carbocycles. The fourth-order valence-electron chi connectivity index (χ4n) is 3.57. The Morgan fingerprint density at radius 3 is 2.47 bits per heavy atom. The Hall–Kier alpha value is -3.62. The first-order valence-electron chi connectivity index (χ1n) is 9.36. The van der Waals surface area contributed by atoms with E-state index in [9.17, 15) is 13.6 Å². The molecule has 0 radical (unpaired) electrons. The molecular formula is C21H19F2N5O2. The number of halogens is 2. The fourth-order valence-corrected chi connectivity index (χ4v) is 3.57. The van der Waals surface area contributed by atoms with E-state index in [4.69, 9.17) is 5.11 Å². The van der Waals surface area contributed by atoms with Crippen LogP contribution in [0.15, 0.2) is 36.5 Å². The van der Waals surface area contributed by atoms with Crippen molar-refractivity contribution >= 4 is 17.0 Å². The van der Waals surface area contributed by atoms with E-state index in [1.54, 1.807) is 29.9 Å². The zero-order valence-electron chi connectivity index (χ0n) is 16.6. The quantitative estimate of drug-likeness (QED) is 0.520. The summed E-state index contributed by atoms with van der Waals surface area (Å²) in [6.45, 7) is 6.12. The van der Waals surface area contributed by atoms with E-state index >= 15 is 0 Å². The van der Waals surface area contributed by atoms with Crippen LogP contribution in [0.2, 0.25) is 0 Å². The summed E-state index contributed by atoms with van der Waals surface area (Å²) in [6.07, 6.45) is -1.08. The van der Waals surface area contributed by atoms with Crippen molar-refractivity contribution < 1.29 is 18.7 Å². The molecule has 4 aromatic rings. The molecule has 0 aliphatic heterocycles. The highest BCUT2D eigenvalue weighted by Gasteiger charge is 2.23. The highest BCUT2D eigenvalue weighted by atomic mass is 19.3. The SMILES string of the molecule is CCn1ncc(-c2cc(C(F)F)c3c(C)nn(-c4ccc(C(=O)O)cc4)c3n2)c1C. The van der Waals surface area contributed by atoms with E-state index in [0.29, 0.717) is 29.2 Å². The van der Waals surface area contributed by atoms with Gasteiger partial charge in [-0.05, 0) is 51.1 Å². The molecule has 0 unspecified atom stereocenters. The summed E-state index contributed by atoms with van der Waals surface area (Å²) in [7, 11) is 0. The molecule has 9 heteroatoms. The first-order valence-corrected chi connectivity index (χ1v) is 9.36. The summed E-state index contributed by atoms with van der Waals surface area (Å²) in [5, 5.41) is 18.1. The van der Waals surface area contributed by atoms with Crippen LogP contribution in [0.3, 0.4) is 0 Å². The number of carboxylic acid groups (broad SMARTS) is 1. The van der Waals surface area contributed by atoms with Crippen molar-refractivity contribution in [2.75, 3.05) is 0 Å². The normalized spacial score (nSPS) is 11.5. The van der Waals surface area contributed by atoms with Crippen LogP contribution >= 0.6 is 0 Å². The summed E-state index contributed by atoms with van der Waals surface area (Å²) in [5.41, 5.74) is 3.10. The monoisotopic (exact) mass is 411 g/mol. The Morgan fingerprint density at radius 1 is 1.20 bits per heavy atom. The molecule has 0 bridgehead atoms. The number of aromatic carboxylic acids is 1. The lowest BCUT2D eigenvalue weighted by Gasteiger charge is -2.09. The number of carboxylic acids is 1. The fraction of sp³-hybridized carbons (Fsp3) is 0.238. The number of aromatic nitrogens is 5. The maximum atomic E-state index is 13.9. The Labute approximate surface area is 170 Å². The van der Waals surface area contributed by atoms with Crippen molar-refractivity contribution in [3.63, 3.8) is 0 Å². The third kappa shape index (κ3) is 3.12. The van der Waals surface area contributed by atoms with Gasteiger partial charge in [-0.15, -0.1) is 0 Å². The van der Waals surface area contributed by atoms with Crippen LogP contribution in [0.5, 0.6) is 0 Å². The Morgan fingerprint density at radius 2 is 1.90 bits per heavy atom. The smallest absolute Gasteiger partial charge is 0.335 e. The van der Waals surface area contributed by atoms with Crippen LogP contribution in [0.1, 0.15) is 40.7 Å². The lowest BCUT2D eigenvalue weighted by molar-refractivity contribution is 0.0697. The number of pyridine rings is 1. The summed E-state index contributed by atoms with van der Waals surface area (Å²) < 4.78 is 31.1. The number of aryl methyl sites for hydroxylation is 2. The molecule has 7 nitrogen and oxygen atoms in total. The number of hydrogen-bond donors (Lipinski definition) is 1. The van der Waals surface area contributed by atoms with E-state index < -0.39 is 12.4 Å². The molecule has 1 N–H and O–H groups in total. The number of fused-ring (bicyclic) bond motifs is 1. The molecule has 30 heavy (non-hydrogen) atoms. The molecule has 0 fully saturated rings. The van der Waals surface area contributed by atoms with Crippen molar-refractivity contribution in [2.45, 2.75) is 33.7 Å². The van der Waals surface area contributed by atoms with Gasteiger partial charge in [0.2, 0.25) is 0 Å². The third-order valence-electron chi connectivity index (χ3n) is 5.12. The lowest BCUT2D eigenvalue weighted by atomic mass is 10.1. The third-order valence-corrected chi connectivity index (χ3v) is 5.12. The highest BCUT2D eigenvalue weighted by molar-refractivity contribution is 5.89. The van der Waals surface area contributed by atoms with Crippen molar-refractivity contribution in [2.24, 2.45) is 0 Å². The summed E-state index contributed by atoms with van der Waals surface area (Å²) in [6, 6.07) is 7.42. The predicted molar refractivity (Wildman–Crippen MR) is 107 cm³/mol. The molecule has 1 aromatic carbocycles. The number of hydrogen-bond acceptors (Lipinski definition) is 4. The van der Waals surface area contributed by atoms with Crippen LogP contribution in [0.25, 0.3) is 28.0 Å². The summed E-state index contributed by atoms with van der Waals surface area (Å²) in [5.74, 6) is -1.05. The maximum absolute atomic E-state index is 13.9. The first-order chi connectivity index (χ1) is 14.3. The number of nitrogens with zero attached hydrogens (tertiary/aromatic N) is 5. The molecule has 3 aromatic heterocycles. The molecule has 3 heterocycles. The molecule has 0 saturated carbocycles. The zero-order valence-corrected chi connectivity index (χ0v) is 16.6. The van der Waals surface area contributed by atoms with Gasteiger partial charge in [0.05, 0.1) is 34.2 Å². The number of carbonyl (C=O) groups is 1. The Bertz CT molecular complexity index is 1260. The summed E-state index contributed by atoms with van der Waals surface area (Å²) in [4.78, 5) is 15.8. The highest BCUT2D eigenvalue weighted by Crippen LogP contribution is 2.34. The zero-order chi connectivity index (χ0) is 21.6. The average Bonchev–Trinajstić information content (AvgIpc) is 3.27. The van der Waals surface area contributed by atoms with Crippen molar-refractivity contribution in [1.29, 1.82) is 0 Å². The van der Waals surface area contributed by atoms with Crippen LogP contribution in [0, 0.1) is 13.8 Å². The van der Waals surface area contributed by atoms with Gasteiger partial charge in [0, 0.05) is 23.4 Å². The largest absolute Gasteiger partial charge is 0.478 e. The van der Waals surface area contributed by atoms with Crippen LogP contribution in [0.4, 0.5) is 8.78 Å². The van der Waals surface area contributed by atoms with E-state index in [1.165, 1.54) is 22.9 Å². The molecule has 0 atom stereocenters. The van der Waals surface area contributed by atoms with E-state index in [0.717, 1.165) is 5.69 Å². The lowest BCUT2D eigenvalue weighted by Crippen LogP contribution is -2.02. The predicted octanol–water partition coefficient (Wildman–Crippen LogP) is 4.56.